The highest BCUT2D eigenvalue weighted by Crippen LogP contribution is 2.23. The first kappa shape index (κ1) is 29.8. The summed E-state index contributed by atoms with van der Waals surface area (Å²) < 4.78 is 27.8. The van der Waals surface area contributed by atoms with E-state index in [1.807, 2.05) is 24.9 Å². The molecule has 0 heterocycles. The second-order valence-corrected chi connectivity index (χ2v) is 8.67. The van der Waals surface area contributed by atoms with Gasteiger partial charge in [-0.2, -0.15) is 0 Å². The van der Waals surface area contributed by atoms with E-state index in [0.717, 1.165) is 30.3 Å². The Kier molecular flexibility index (Phi) is 12.7. The molecule has 0 aliphatic rings. The second-order valence-electron chi connectivity index (χ2n) is 8.67. The van der Waals surface area contributed by atoms with Gasteiger partial charge in [0.05, 0.1) is 5.70 Å². The van der Waals surface area contributed by atoms with Gasteiger partial charge in [-0.15, -0.1) is 0 Å². The van der Waals surface area contributed by atoms with Crippen molar-refractivity contribution in [1.82, 2.24) is 15.1 Å². The Morgan fingerprint density at radius 3 is 2.46 bits per heavy atom. The summed E-state index contributed by atoms with van der Waals surface area (Å²) in [4.78, 5) is 20.1. The fraction of sp³-hybridized carbons (Fsp3) is 0.429. The SMILES string of the molecule is C=C/C(NCCN(Cc1cc(F)ccc1F)C(=O)CC)=C(\N=C)N(/C=C\C(C)CC)C(=C)C(C)C. The molecule has 7 heteroatoms. The van der Waals surface area contributed by atoms with Gasteiger partial charge in [0.25, 0.3) is 0 Å². The first-order valence-corrected chi connectivity index (χ1v) is 12.0. The maximum atomic E-state index is 14.2. The quantitative estimate of drug-likeness (QED) is 0.231. The van der Waals surface area contributed by atoms with Gasteiger partial charge >= 0.3 is 0 Å². The summed E-state index contributed by atoms with van der Waals surface area (Å²) >= 11 is 0. The molecule has 0 saturated carbocycles. The van der Waals surface area contributed by atoms with E-state index in [-0.39, 0.29) is 36.9 Å². The lowest BCUT2D eigenvalue weighted by Crippen LogP contribution is -2.36. The summed E-state index contributed by atoms with van der Waals surface area (Å²) in [6.45, 7) is 22.6. The fourth-order valence-electron chi connectivity index (χ4n) is 3.19. The number of nitrogens with one attached hydrogen (secondary N) is 1. The number of benzene rings is 1. The molecule has 0 spiro atoms. The van der Waals surface area contributed by atoms with Gasteiger partial charge in [-0.25, -0.2) is 13.8 Å². The van der Waals surface area contributed by atoms with Crippen LogP contribution in [0.4, 0.5) is 8.78 Å². The van der Waals surface area contributed by atoms with Gasteiger partial charge in [-0.3, -0.25) is 4.79 Å². The third-order valence-electron chi connectivity index (χ3n) is 5.73. The van der Waals surface area contributed by atoms with Crippen LogP contribution in [0.3, 0.4) is 0 Å². The summed E-state index contributed by atoms with van der Waals surface area (Å²) in [6, 6.07) is 3.25. The molecule has 35 heavy (non-hydrogen) atoms. The molecule has 192 valence electrons. The average molecular weight is 487 g/mol. The lowest BCUT2D eigenvalue weighted by molar-refractivity contribution is -0.131. The average Bonchev–Trinajstić information content (AvgIpc) is 2.84. The number of halogens is 2. The summed E-state index contributed by atoms with van der Waals surface area (Å²) in [6.07, 6.45) is 6.93. The molecule has 1 rings (SSSR count). The molecule has 1 atom stereocenters. The maximum absolute atomic E-state index is 14.2. The van der Waals surface area contributed by atoms with E-state index < -0.39 is 11.6 Å². The van der Waals surface area contributed by atoms with Crippen LogP contribution in [-0.2, 0) is 11.3 Å². The Balaban J connectivity index is 3.15. The lowest BCUT2D eigenvalue weighted by Gasteiger charge is -2.28. The molecule has 0 radical (unpaired) electrons. The topological polar surface area (TPSA) is 47.9 Å². The van der Waals surface area contributed by atoms with E-state index in [1.54, 1.807) is 13.0 Å². The van der Waals surface area contributed by atoms with E-state index in [0.29, 0.717) is 24.0 Å². The minimum absolute atomic E-state index is 0.0222. The van der Waals surface area contributed by atoms with Crippen molar-refractivity contribution in [2.45, 2.75) is 54.0 Å². The van der Waals surface area contributed by atoms with Crippen LogP contribution in [0.25, 0.3) is 0 Å². The summed E-state index contributed by atoms with van der Waals surface area (Å²) in [5.74, 6) is -0.165. The van der Waals surface area contributed by atoms with E-state index >= 15 is 0 Å². The van der Waals surface area contributed by atoms with E-state index in [1.165, 1.54) is 4.90 Å². The monoisotopic (exact) mass is 486 g/mol. The highest BCUT2D eigenvalue weighted by atomic mass is 19.1. The smallest absolute Gasteiger partial charge is 0.222 e. The van der Waals surface area contributed by atoms with Crippen molar-refractivity contribution in [3.63, 3.8) is 0 Å². The lowest BCUT2D eigenvalue weighted by atomic mass is 10.1. The summed E-state index contributed by atoms with van der Waals surface area (Å²) in [5, 5.41) is 3.27. The van der Waals surface area contributed by atoms with Gasteiger partial charge in [0.2, 0.25) is 5.91 Å². The Morgan fingerprint density at radius 2 is 1.91 bits per heavy atom. The van der Waals surface area contributed by atoms with E-state index in [9.17, 15) is 13.6 Å². The van der Waals surface area contributed by atoms with Gasteiger partial charge in [-0.05, 0) is 42.8 Å². The van der Waals surface area contributed by atoms with Crippen molar-refractivity contribution < 1.29 is 13.6 Å². The summed E-state index contributed by atoms with van der Waals surface area (Å²) in [5.41, 5.74) is 1.60. The number of hydrogen-bond acceptors (Lipinski definition) is 4. The molecule has 1 aromatic carbocycles. The highest BCUT2D eigenvalue weighted by molar-refractivity contribution is 5.75. The van der Waals surface area contributed by atoms with Gasteiger partial charge in [-0.1, -0.05) is 60.3 Å². The number of carbonyl (C=O) groups is 1. The number of hydrogen-bond donors (Lipinski definition) is 1. The number of amides is 1. The zero-order chi connectivity index (χ0) is 26.5. The molecule has 5 nitrogen and oxygen atoms in total. The normalized spacial score (nSPS) is 12.8. The molecule has 0 aliphatic heterocycles. The molecular weight excluding hydrogens is 446 g/mol. The third-order valence-corrected chi connectivity index (χ3v) is 5.73. The van der Waals surface area contributed by atoms with Crippen LogP contribution in [0.2, 0.25) is 0 Å². The second kappa shape index (κ2) is 14.9. The van der Waals surface area contributed by atoms with Gasteiger partial charge in [0, 0.05) is 43.5 Å². The highest BCUT2D eigenvalue weighted by Gasteiger charge is 2.18. The predicted molar refractivity (Wildman–Crippen MR) is 141 cm³/mol. The van der Waals surface area contributed by atoms with Crippen LogP contribution in [0.1, 0.15) is 53.0 Å². The van der Waals surface area contributed by atoms with E-state index in [4.69, 9.17) is 0 Å². The Morgan fingerprint density at radius 1 is 1.23 bits per heavy atom. The molecule has 0 bridgehead atoms. The maximum Gasteiger partial charge on any atom is 0.222 e. The van der Waals surface area contributed by atoms with Crippen molar-refractivity contribution in [3.8, 4) is 0 Å². The molecular formula is C28H40F2N4O. The molecule has 1 unspecified atom stereocenters. The number of allylic oxidation sites excluding steroid dienone is 3. The molecule has 1 amide bonds. The molecule has 0 aliphatic carbocycles. The van der Waals surface area contributed by atoms with Crippen molar-refractivity contribution in [1.29, 1.82) is 0 Å². The standard InChI is InChI=1S/C28H40F2N4O/c1-9-21(6)14-16-34(22(7)20(4)5)28(31-8)26(10-2)32-15-17-33(27(35)11-3)19-23-18-24(29)12-13-25(23)30/h10,12-14,16,18,20-21,32H,2,7-9,11,15,17,19H2,1,3-6H3/b16-14-,28-26-. The first-order chi connectivity index (χ1) is 16.6. The number of nitrogens with zero attached hydrogens (tertiary/aromatic N) is 3. The molecule has 1 N–H and O–H groups in total. The van der Waals surface area contributed by atoms with Crippen LogP contribution < -0.4 is 5.32 Å². The van der Waals surface area contributed by atoms with Crippen molar-refractivity contribution in [2.75, 3.05) is 13.1 Å². The van der Waals surface area contributed by atoms with Crippen LogP contribution in [0.15, 0.2) is 71.9 Å². The Bertz CT molecular complexity index is 952. The van der Waals surface area contributed by atoms with E-state index in [2.05, 4.69) is 50.1 Å². The van der Waals surface area contributed by atoms with Gasteiger partial charge in [0.1, 0.15) is 11.6 Å². The Hall–Kier alpha value is -3.22. The summed E-state index contributed by atoms with van der Waals surface area (Å²) in [7, 11) is 0. The molecule has 1 aromatic rings. The van der Waals surface area contributed by atoms with Crippen molar-refractivity contribution in [2.24, 2.45) is 16.8 Å². The van der Waals surface area contributed by atoms with Crippen LogP contribution >= 0.6 is 0 Å². The zero-order valence-electron chi connectivity index (χ0n) is 21.8. The van der Waals surface area contributed by atoms with Crippen molar-refractivity contribution in [3.05, 3.63) is 84.1 Å². The fourth-order valence-corrected chi connectivity index (χ4v) is 3.19. The third kappa shape index (κ3) is 9.15. The molecule has 0 fully saturated rings. The minimum atomic E-state index is -0.547. The number of aliphatic imine (C=N–C) groups is 1. The zero-order valence-corrected chi connectivity index (χ0v) is 21.8. The van der Waals surface area contributed by atoms with Crippen molar-refractivity contribution >= 4 is 12.6 Å². The van der Waals surface area contributed by atoms with Crippen LogP contribution in [-0.4, -0.2) is 35.5 Å². The number of rotatable bonds is 15. The van der Waals surface area contributed by atoms with Gasteiger partial charge < -0.3 is 15.1 Å². The number of carbonyl (C=O) groups excluding carboxylic acids is 1. The van der Waals surface area contributed by atoms with Crippen LogP contribution in [0.5, 0.6) is 0 Å². The Labute approximate surface area is 209 Å². The minimum Gasteiger partial charge on any atom is -0.380 e. The van der Waals surface area contributed by atoms with Gasteiger partial charge in [0.15, 0.2) is 5.82 Å². The van der Waals surface area contributed by atoms with Crippen LogP contribution in [0, 0.1) is 23.5 Å². The predicted octanol–water partition coefficient (Wildman–Crippen LogP) is 6.38. The molecule has 0 aromatic heterocycles. The first-order valence-electron chi connectivity index (χ1n) is 12.0. The largest absolute Gasteiger partial charge is 0.380 e. The molecule has 0 saturated heterocycles.